The Morgan fingerprint density at radius 2 is 1.79 bits per heavy atom. The molecule has 1 fully saturated rings. The molecule has 1 saturated heterocycles. The maximum absolute atomic E-state index is 12.5. The van der Waals surface area contributed by atoms with Crippen LogP contribution in [0.3, 0.4) is 0 Å². The Balaban J connectivity index is 1.53. The molecule has 1 aromatic carbocycles. The Morgan fingerprint density at radius 1 is 1.17 bits per heavy atom. The average molecular weight is 419 g/mol. The van der Waals surface area contributed by atoms with Crippen molar-refractivity contribution in [2.75, 3.05) is 6.61 Å². The van der Waals surface area contributed by atoms with Gasteiger partial charge in [0.15, 0.2) is 6.61 Å². The van der Waals surface area contributed by atoms with Crippen LogP contribution in [0.1, 0.15) is 38.3 Å². The molecule has 29 heavy (non-hydrogen) atoms. The first-order chi connectivity index (χ1) is 13.8. The smallest absolute Gasteiger partial charge is 0.329 e. The van der Waals surface area contributed by atoms with Gasteiger partial charge in [-0.25, -0.2) is 4.79 Å². The van der Waals surface area contributed by atoms with Crippen LogP contribution in [-0.4, -0.2) is 41.2 Å². The quantitative estimate of drug-likeness (QED) is 0.435. The maximum atomic E-state index is 12.5. The van der Waals surface area contributed by atoms with E-state index in [0.717, 1.165) is 10.5 Å². The second-order valence-electron chi connectivity index (χ2n) is 7.33. The number of fused-ring (bicyclic) bond motifs is 1. The number of allylic oxidation sites excluding steroid dienone is 2. The summed E-state index contributed by atoms with van der Waals surface area (Å²) in [7, 11) is 0. The molecular weight excluding hydrogens is 396 g/mol. The molecule has 0 bridgehead atoms. The summed E-state index contributed by atoms with van der Waals surface area (Å²) >= 11 is 5.95. The minimum Gasteiger partial charge on any atom is -0.454 e. The zero-order valence-corrected chi connectivity index (χ0v) is 17.0. The van der Waals surface area contributed by atoms with Gasteiger partial charge in [0.2, 0.25) is 11.8 Å². The number of nitrogens with zero attached hydrogens (tertiary/aromatic N) is 1. The maximum Gasteiger partial charge on any atom is 0.329 e. The first kappa shape index (κ1) is 21.0. The number of rotatable bonds is 6. The summed E-state index contributed by atoms with van der Waals surface area (Å²) in [5.41, 5.74) is 0.815. The average Bonchev–Trinajstić information content (AvgIpc) is 2.96. The molecular formula is C21H23ClN2O5. The van der Waals surface area contributed by atoms with Crippen LogP contribution in [0, 0.1) is 11.8 Å². The van der Waals surface area contributed by atoms with Crippen LogP contribution < -0.4 is 5.32 Å². The Labute approximate surface area is 174 Å². The monoisotopic (exact) mass is 418 g/mol. The highest BCUT2D eigenvalue weighted by Crippen LogP contribution is 2.36. The highest BCUT2D eigenvalue weighted by Gasteiger charge is 2.50. The van der Waals surface area contributed by atoms with E-state index in [2.05, 4.69) is 5.32 Å². The van der Waals surface area contributed by atoms with Gasteiger partial charge in [-0.05, 0) is 44.4 Å². The number of benzene rings is 1. The predicted molar refractivity (Wildman–Crippen MR) is 106 cm³/mol. The lowest BCUT2D eigenvalue weighted by atomic mass is 9.85. The lowest BCUT2D eigenvalue weighted by Crippen LogP contribution is -2.45. The zero-order chi connectivity index (χ0) is 21.1. The van der Waals surface area contributed by atoms with Crippen molar-refractivity contribution in [3.05, 3.63) is 47.0 Å². The topological polar surface area (TPSA) is 92.8 Å². The van der Waals surface area contributed by atoms with Gasteiger partial charge in [-0.3, -0.25) is 19.3 Å². The van der Waals surface area contributed by atoms with Crippen LogP contribution >= 0.6 is 11.6 Å². The van der Waals surface area contributed by atoms with Gasteiger partial charge >= 0.3 is 5.97 Å². The summed E-state index contributed by atoms with van der Waals surface area (Å²) in [5, 5.41) is 3.27. The number of carbonyl (C=O) groups excluding carboxylic acids is 4. The van der Waals surface area contributed by atoms with Crippen molar-refractivity contribution in [3.8, 4) is 0 Å². The Kier molecular flexibility index (Phi) is 6.37. The molecule has 8 heteroatoms. The lowest BCUT2D eigenvalue weighted by Gasteiger charge is -2.21. The second kappa shape index (κ2) is 8.78. The highest BCUT2D eigenvalue weighted by molar-refractivity contribution is 6.30. The van der Waals surface area contributed by atoms with Gasteiger partial charge in [-0.2, -0.15) is 0 Å². The van der Waals surface area contributed by atoms with Gasteiger partial charge < -0.3 is 10.1 Å². The fourth-order valence-corrected chi connectivity index (χ4v) is 3.91. The van der Waals surface area contributed by atoms with Crippen molar-refractivity contribution in [1.29, 1.82) is 0 Å². The number of ether oxygens (including phenoxy) is 1. The van der Waals surface area contributed by atoms with Crippen molar-refractivity contribution in [2.45, 2.75) is 38.8 Å². The largest absolute Gasteiger partial charge is 0.454 e. The molecule has 1 heterocycles. The van der Waals surface area contributed by atoms with Gasteiger partial charge in [0, 0.05) is 5.02 Å². The third kappa shape index (κ3) is 4.50. The van der Waals surface area contributed by atoms with Crippen molar-refractivity contribution < 1.29 is 23.9 Å². The van der Waals surface area contributed by atoms with Gasteiger partial charge in [-0.1, -0.05) is 35.9 Å². The van der Waals surface area contributed by atoms with Gasteiger partial charge in [0.1, 0.15) is 6.04 Å². The van der Waals surface area contributed by atoms with Gasteiger partial charge in [0.05, 0.1) is 17.9 Å². The molecule has 1 aliphatic carbocycles. The molecule has 4 atom stereocenters. The molecule has 154 valence electrons. The number of likely N-dealkylation sites (tertiary alicyclic amines) is 1. The van der Waals surface area contributed by atoms with E-state index in [1.807, 2.05) is 18.2 Å². The van der Waals surface area contributed by atoms with Crippen molar-refractivity contribution in [1.82, 2.24) is 10.2 Å². The Bertz CT molecular complexity index is 842. The Morgan fingerprint density at radius 3 is 2.38 bits per heavy atom. The number of carbonyl (C=O) groups is 4. The van der Waals surface area contributed by atoms with E-state index in [1.54, 1.807) is 25.1 Å². The molecule has 0 unspecified atom stereocenters. The summed E-state index contributed by atoms with van der Waals surface area (Å²) in [4.78, 5) is 50.5. The molecule has 3 rings (SSSR count). The van der Waals surface area contributed by atoms with Crippen LogP contribution in [0.25, 0.3) is 0 Å². The van der Waals surface area contributed by atoms with Crippen molar-refractivity contribution >= 4 is 35.3 Å². The number of halogens is 1. The number of imide groups is 1. The first-order valence-electron chi connectivity index (χ1n) is 9.53. The second-order valence-corrected chi connectivity index (χ2v) is 7.77. The minimum atomic E-state index is -1.07. The SMILES string of the molecule is C[C@H](NC(=O)COC(=O)[C@H](C)N1C(=O)[C@H]2CC=CC[C@H]2C1=O)c1cccc(Cl)c1. The van der Waals surface area contributed by atoms with Crippen molar-refractivity contribution in [2.24, 2.45) is 11.8 Å². The van der Waals surface area contributed by atoms with E-state index < -0.39 is 36.4 Å². The van der Waals surface area contributed by atoms with Gasteiger partial charge in [-0.15, -0.1) is 0 Å². The molecule has 1 aromatic rings. The molecule has 0 saturated carbocycles. The predicted octanol–water partition coefficient (Wildman–Crippen LogP) is 2.40. The number of hydrogen-bond acceptors (Lipinski definition) is 5. The van der Waals surface area contributed by atoms with Crippen LogP contribution in [-0.2, 0) is 23.9 Å². The highest BCUT2D eigenvalue weighted by atomic mass is 35.5. The van der Waals surface area contributed by atoms with E-state index in [1.165, 1.54) is 6.92 Å². The first-order valence-corrected chi connectivity index (χ1v) is 9.90. The van der Waals surface area contributed by atoms with Crippen molar-refractivity contribution in [3.63, 3.8) is 0 Å². The van der Waals surface area contributed by atoms with E-state index >= 15 is 0 Å². The molecule has 1 N–H and O–H groups in total. The molecule has 0 radical (unpaired) electrons. The van der Waals surface area contributed by atoms with E-state index in [4.69, 9.17) is 16.3 Å². The lowest BCUT2D eigenvalue weighted by molar-refractivity contribution is -0.159. The summed E-state index contributed by atoms with van der Waals surface area (Å²) in [6.45, 7) is 2.72. The minimum absolute atomic E-state index is 0.324. The van der Waals surface area contributed by atoms with Crippen LogP contribution in [0.15, 0.2) is 36.4 Å². The van der Waals surface area contributed by atoms with Crippen LogP contribution in [0.2, 0.25) is 5.02 Å². The fraction of sp³-hybridized carbons (Fsp3) is 0.429. The molecule has 0 spiro atoms. The van der Waals surface area contributed by atoms with E-state index in [-0.39, 0.29) is 17.9 Å². The van der Waals surface area contributed by atoms with Crippen LogP contribution in [0.4, 0.5) is 0 Å². The standard InChI is InChI=1S/C21H23ClN2O5/c1-12(14-6-5-7-15(22)10-14)23-18(25)11-29-21(28)13(2)24-19(26)16-8-3-4-9-17(16)20(24)27/h3-7,10,12-13,16-17H,8-9,11H2,1-2H3,(H,23,25)/t12-,13-,16-,17+/m0/s1. The van der Waals surface area contributed by atoms with E-state index in [0.29, 0.717) is 17.9 Å². The third-order valence-corrected chi connectivity index (χ3v) is 5.58. The summed E-state index contributed by atoms with van der Waals surface area (Å²) in [6.07, 6.45) is 4.75. The van der Waals surface area contributed by atoms with Gasteiger partial charge in [0.25, 0.3) is 5.91 Å². The molecule has 1 aliphatic heterocycles. The number of esters is 1. The molecule has 2 aliphatic rings. The Hall–Kier alpha value is -2.67. The summed E-state index contributed by atoms with van der Waals surface area (Å²) in [5.74, 6) is -2.81. The number of hydrogen-bond donors (Lipinski definition) is 1. The fourth-order valence-electron chi connectivity index (χ4n) is 3.71. The molecule has 0 aromatic heterocycles. The third-order valence-electron chi connectivity index (χ3n) is 5.34. The molecule has 7 nitrogen and oxygen atoms in total. The normalized spacial score (nSPS) is 22.8. The summed E-state index contributed by atoms with van der Waals surface area (Å²) < 4.78 is 5.05. The number of nitrogens with one attached hydrogen (secondary N) is 1. The van der Waals surface area contributed by atoms with Crippen LogP contribution in [0.5, 0.6) is 0 Å². The van der Waals surface area contributed by atoms with E-state index in [9.17, 15) is 19.2 Å². The zero-order valence-electron chi connectivity index (χ0n) is 16.3. The number of amides is 3. The summed E-state index contributed by atoms with van der Waals surface area (Å²) in [6, 6.07) is 5.67. The molecule has 3 amide bonds.